The Morgan fingerprint density at radius 1 is 1.16 bits per heavy atom. The lowest BCUT2D eigenvalue weighted by Crippen LogP contribution is -2.57. The van der Waals surface area contributed by atoms with Crippen LogP contribution in [-0.2, 0) is 20.5 Å². The number of nitrogens with one attached hydrogen (secondary N) is 1. The molecule has 0 bridgehead atoms. The van der Waals surface area contributed by atoms with Crippen molar-refractivity contribution in [2.75, 3.05) is 12.0 Å². The van der Waals surface area contributed by atoms with Gasteiger partial charge in [-0.2, -0.15) is 13.2 Å². The number of halogens is 4. The van der Waals surface area contributed by atoms with Gasteiger partial charge in [0.1, 0.15) is 16.2 Å². The number of ether oxygens (including phenoxy) is 1. The highest BCUT2D eigenvalue weighted by Crippen LogP contribution is 2.37. The molecule has 0 radical (unpaired) electrons. The van der Waals surface area contributed by atoms with Crippen molar-refractivity contribution in [3.8, 4) is 0 Å². The van der Waals surface area contributed by atoms with Crippen LogP contribution in [0, 0.1) is 0 Å². The van der Waals surface area contributed by atoms with Crippen molar-refractivity contribution < 1.29 is 27.5 Å². The summed E-state index contributed by atoms with van der Waals surface area (Å²) >= 11 is 7.20. The van der Waals surface area contributed by atoms with Gasteiger partial charge in [0, 0.05) is 4.90 Å². The Balaban J connectivity index is 1.83. The van der Waals surface area contributed by atoms with Crippen LogP contribution < -0.4 is 5.32 Å². The van der Waals surface area contributed by atoms with Crippen LogP contribution in [0.25, 0.3) is 0 Å². The average Bonchev–Trinajstić information content (AvgIpc) is 2.72. The van der Waals surface area contributed by atoms with Gasteiger partial charge in [-0.25, -0.2) is 0 Å². The largest absolute Gasteiger partial charge is 0.476 e. The van der Waals surface area contributed by atoms with Crippen LogP contribution in [0.5, 0.6) is 0 Å². The number of benzene rings is 2. The van der Waals surface area contributed by atoms with E-state index in [2.05, 4.69) is 5.32 Å². The van der Waals surface area contributed by atoms with E-state index in [0.29, 0.717) is 10.7 Å². The molecule has 1 N–H and O–H groups in total. The van der Waals surface area contributed by atoms with Crippen LogP contribution >= 0.6 is 23.4 Å². The SMILES string of the molecule is CC1=C(Sc2ccccc2)C(=O)N(C(C)(C)C(=O)Nc2cc(C(F)(F)F)ccc2Cl)CO1. The molecule has 2 aromatic rings. The maximum atomic E-state index is 13.2. The topological polar surface area (TPSA) is 58.6 Å². The number of alkyl halides is 3. The van der Waals surface area contributed by atoms with Crippen LogP contribution in [-0.4, -0.2) is 29.0 Å². The first-order valence-electron chi connectivity index (χ1n) is 9.48. The summed E-state index contributed by atoms with van der Waals surface area (Å²) in [6.07, 6.45) is -4.60. The van der Waals surface area contributed by atoms with Gasteiger partial charge in [0.15, 0.2) is 6.73 Å². The van der Waals surface area contributed by atoms with E-state index in [0.717, 1.165) is 23.1 Å². The molecule has 0 spiro atoms. The van der Waals surface area contributed by atoms with Crippen molar-refractivity contribution in [1.82, 2.24) is 4.90 Å². The maximum absolute atomic E-state index is 13.2. The molecule has 0 aliphatic carbocycles. The highest BCUT2D eigenvalue weighted by atomic mass is 35.5. The fraction of sp³-hybridized carbons (Fsp3) is 0.273. The zero-order valence-electron chi connectivity index (χ0n) is 17.4. The van der Waals surface area contributed by atoms with E-state index in [4.69, 9.17) is 16.3 Å². The lowest BCUT2D eigenvalue weighted by Gasteiger charge is -2.40. The minimum absolute atomic E-state index is 0.0561. The standard InChI is InChI=1S/C22H20ClF3N2O3S/c1-13-18(32-15-7-5-4-6-8-15)19(29)28(12-31-13)21(2,3)20(30)27-17-11-14(22(24,25)26)9-10-16(17)23/h4-11H,12H2,1-3H3,(H,27,30). The fourth-order valence-corrected chi connectivity index (χ4v) is 3.98. The normalized spacial score (nSPS) is 15.0. The molecule has 1 aliphatic rings. The summed E-state index contributed by atoms with van der Waals surface area (Å²) in [7, 11) is 0. The molecular weight excluding hydrogens is 465 g/mol. The Bertz CT molecular complexity index is 1070. The van der Waals surface area contributed by atoms with Gasteiger partial charge in [-0.05, 0) is 51.1 Å². The van der Waals surface area contributed by atoms with Gasteiger partial charge in [-0.15, -0.1) is 0 Å². The molecule has 0 unspecified atom stereocenters. The average molecular weight is 485 g/mol. The summed E-state index contributed by atoms with van der Waals surface area (Å²) < 4.78 is 44.7. The van der Waals surface area contributed by atoms with Gasteiger partial charge in [0.2, 0.25) is 5.91 Å². The number of carbonyl (C=O) groups is 2. The van der Waals surface area contributed by atoms with Crippen molar-refractivity contribution in [2.24, 2.45) is 0 Å². The fourth-order valence-electron chi connectivity index (χ4n) is 2.89. The second kappa shape index (κ2) is 9.07. The van der Waals surface area contributed by atoms with Crippen molar-refractivity contribution in [3.05, 3.63) is 69.8 Å². The van der Waals surface area contributed by atoms with Gasteiger partial charge in [0.25, 0.3) is 5.91 Å². The monoisotopic (exact) mass is 484 g/mol. The molecule has 0 atom stereocenters. The third-order valence-electron chi connectivity index (χ3n) is 4.90. The summed E-state index contributed by atoms with van der Waals surface area (Å²) in [6, 6.07) is 11.8. The number of rotatable bonds is 5. The number of allylic oxidation sites excluding steroid dienone is 1. The number of thioether (sulfide) groups is 1. The number of amides is 2. The van der Waals surface area contributed by atoms with Gasteiger partial charge in [-0.1, -0.05) is 41.6 Å². The first-order chi connectivity index (χ1) is 14.9. The molecule has 170 valence electrons. The number of anilines is 1. The maximum Gasteiger partial charge on any atom is 0.416 e. The van der Waals surface area contributed by atoms with E-state index in [1.807, 2.05) is 30.3 Å². The van der Waals surface area contributed by atoms with Crippen molar-refractivity contribution in [3.63, 3.8) is 0 Å². The first-order valence-corrected chi connectivity index (χ1v) is 10.7. The summed E-state index contributed by atoms with van der Waals surface area (Å²) in [6.45, 7) is 4.45. The molecule has 1 aliphatic heterocycles. The van der Waals surface area contributed by atoms with Crippen molar-refractivity contribution >= 4 is 40.9 Å². The molecule has 2 aromatic carbocycles. The summed E-state index contributed by atoms with van der Waals surface area (Å²) in [5.74, 6) is -0.700. The minimum atomic E-state index is -4.60. The highest BCUT2D eigenvalue weighted by molar-refractivity contribution is 8.04. The molecule has 1 heterocycles. The molecule has 32 heavy (non-hydrogen) atoms. The Morgan fingerprint density at radius 2 is 1.81 bits per heavy atom. The van der Waals surface area contributed by atoms with E-state index in [-0.39, 0.29) is 17.4 Å². The zero-order valence-corrected chi connectivity index (χ0v) is 19.0. The minimum Gasteiger partial charge on any atom is -0.476 e. The lowest BCUT2D eigenvalue weighted by molar-refractivity contribution is -0.148. The lowest BCUT2D eigenvalue weighted by atomic mass is 10.0. The predicted molar refractivity (Wildman–Crippen MR) is 117 cm³/mol. The number of hydrogen-bond acceptors (Lipinski definition) is 4. The van der Waals surface area contributed by atoms with Crippen LogP contribution in [0.15, 0.2) is 64.1 Å². The number of hydrogen-bond donors (Lipinski definition) is 1. The highest BCUT2D eigenvalue weighted by Gasteiger charge is 2.42. The van der Waals surface area contributed by atoms with Gasteiger partial charge in [-0.3, -0.25) is 14.5 Å². The molecule has 0 saturated carbocycles. The zero-order chi connectivity index (χ0) is 23.7. The number of nitrogens with zero attached hydrogens (tertiary/aromatic N) is 1. The van der Waals surface area contributed by atoms with Crippen LogP contribution in [0.1, 0.15) is 26.3 Å². The number of carbonyl (C=O) groups excluding carboxylic acids is 2. The second-order valence-electron chi connectivity index (χ2n) is 7.51. The van der Waals surface area contributed by atoms with Crippen molar-refractivity contribution in [1.29, 1.82) is 0 Å². The van der Waals surface area contributed by atoms with Crippen molar-refractivity contribution in [2.45, 2.75) is 37.4 Å². The molecule has 0 fully saturated rings. The van der Waals surface area contributed by atoms with E-state index in [1.54, 1.807) is 6.92 Å². The molecule has 5 nitrogen and oxygen atoms in total. The third-order valence-corrected chi connectivity index (χ3v) is 6.41. The Morgan fingerprint density at radius 3 is 2.44 bits per heavy atom. The van der Waals surface area contributed by atoms with E-state index in [9.17, 15) is 22.8 Å². The quantitative estimate of drug-likeness (QED) is 0.572. The van der Waals surface area contributed by atoms with Crippen LogP contribution in [0.3, 0.4) is 0 Å². The van der Waals surface area contributed by atoms with E-state index >= 15 is 0 Å². The Kier molecular flexibility index (Phi) is 6.80. The third kappa shape index (κ3) is 5.05. The first kappa shape index (κ1) is 24.0. The summed E-state index contributed by atoms with van der Waals surface area (Å²) in [5, 5.41) is 2.36. The Labute approximate surface area is 192 Å². The van der Waals surface area contributed by atoms with Gasteiger partial charge in [0.05, 0.1) is 16.3 Å². The Hall–Kier alpha value is -2.65. The summed E-state index contributed by atoms with van der Waals surface area (Å²) in [5.41, 5.74) is -2.60. The van der Waals surface area contributed by atoms with E-state index in [1.165, 1.54) is 30.5 Å². The van der Waals surface area contributed by atoms with Crippen LogP contribution in [0.2, 0.25) is 5.02 Å². The molecule has 3 rings (SSSR count). The molecule has 10 heteroatoms. The van der Waals surface area contributed by atoms with E-state index < -0.39 is 29.1 Å². The summed E-state index contributed by atoms with van der Waals surface area (Å²) in [4.78, 5) is 28.6. The molecule has 2 amide bonds. The molecular formula is C22H20ClF3N2O3S. The molecule has 0 saturated heterocycles. The predicted octanol–water partition coefficient (Wildman–Crippen LogP) is 5.92. The second-order valence-corrected chi connectivity index (χ2v) is 9.00. The smallest absolute Gasteiger partial charge is 0.416 e. The van der Waals surface area contributed by atoms with Gasteiger partial charge < -0.3 is 10.1 Å². The molecule has 0 aromatic heterocycles. The van der Waals surface area contributed by atoms with Crippen LogP contribution in [0.4, 0.5) is 18.9 Å². The van der Waals surface area contributed by atoms with Gasteiger partial charge >= 0.3 is 6.18 Å².